The average molecular weight is 407 g/mol. The lowest BCUT2D eigenvalue weighted by Crippen LogP contribution is -2.44. The van der Waals surface area contributed by atoms with Crippen molar-refractivity contribution >= 4 is 17.9 Å². The molecule has 3 rings (SSSR count). The summed E-state index contributed by atoms with van der Waals surface area (Å²) in [4.78, 5) is 36.1. The zero-order chi connectivity index (χ0) is 21.3. The number of nitrogens with zero attached hydrogens (tertiary/aromatic N) is 3. The molecule has 2 N–H and O–H groups in total. The number of aromatic nitrogens is 3. The van der Waals surface area contributed by atoms with Gasteiger partial charge in [0.2, 0.25) is 0 Å². The summed E-state index contributed by atoms with van der Waals surface area (Å²) in [5, 5.41) is 12.4. The number of nitrogens with one attached hydrogen (secondary N) is 2. The van der Waals surface area contributed by atoms with E-state index in [1.807, 2.05) is 60.7 Å². The molecule has 3 aromatic rings. The van der Waals surface area contributed by atoms with Crippen molar-refractivity contribution < 1.29 is 19.1 Å². The summed E-state index contributed by atoms with van der Waals surface area (Å²) in [5.74, 6) is -1.55. The molecule has 9 nitrogen and oxygen atoms in total. The SMILES string of the molecule is CC(OC(=O)c1cn(Cc2ccccc2)nn1)C(=O)NC(=O)NCc1ccccc1. The van der Waals surface area contributed by atoms with Crippen molar-refractivity contribution in [2.24, 2.45) is 0 Å². The molecule has 0 saturated heterocycles. The summed E-state index contributed by atoms with van der Waals surface area (Å²) in [5.41, 5.74) is 1.86. The fourth-order valence-corrected chi connectivity index (χ4v) is 2.55. The van der Waals surface area contributed by atoms with Crippen LogP contribution in [0.25, 0.3) is 0 Å². The third kappa shape index (κ3) is 5.99. The number of benzene rings is 2. The lowest BCUT2D eigenvalue weighted by Gasteiger charge is -2.12. The number of amides is 3. The lowest BCUT2D eigenvalue weighted by atomic mass is 10.2. The van der Waals surface area contributed by atoms with Crippen LogP contribution in [0.1, 0.15) is 28.5 Å². The molecule has 0 spiro atoms. The Balaban J connectivity index is 1.46. The van der Waals surface area contributed by atoms with Gasteiger partial charge in [-0.1, -0.05) is 65.9 Å². The van der Waals surface area contributed by atoms with Crippen molar-refractivity contribution in [1.29, 1.82) is 0 Å². The molecule has 0 bridgehead atoms. The fraction of sp³-hybridized carbons (Fsp3) is 0.190. The van der Waals surface area contributed by atoms with Crippen molar-refractivity contribution in [3.05, 3.63) is 83.7 Å². The Labute approximate surface area is 173 Å². The van der Waals surface area contributed by atoms with Gasteiger partial charge < -0.3 is 10.1 Å². The second-order valence-corrected chi connectivity index (χ2v) is 6.49. The quantitative estimate of drug-likeness (QED) is 0.578. The van der Waals surface area contributed by atoms with E-state index in [4.69, 9.17) is 4.74 Å². The second-order valence-electron chi connectivity index (χ2n) is 6.49. The highest BCUT2D eigenvalue weighted by molar-refractivity contribution is 5.98. The van der Waals surface area contributed by atoms with Crippen molar-refractivity contribution in [2.45, 2.75) is 26.1 Å². The first-order chi connectivity index (χ1) is 14.5. The maximum absolute atomic E-state index is 12.2. The number of rotatable bonds is 7. The summed E-state index contributed by atoms with van der Waals surface area (Å²) in [7, 11) is 0. The minimum atomic E-state index is -1.18. The highest BCUT2D eigenvalue weighted by Crippen LogP contribution is 2.05. The Bertz CT molecular complexity index is 1000. The molecular weight excluding hydrogens is 386 g/mol. The Hall–Kier alpha value is -4.01. The van der Waals surface area contributed by atoms with Crippen LogP contribution in [-0.4, -0.2) is 39.0 Å². The van der Waals surface area contributed by atoms with Gasteiger partial charge in [0.1, 0.15) is 0 Å². The van der Waals surface area contributed by atoms with E-state index in [9.17, 15) is 14.4 Å². The van der Waals surface area contributed by atoms with E-state index in [-0.39, 0.29) is 12.2 Å². The molecule has 0 aliphatic rings. The molecule has 2 aromatic carbocycles. The first kappa shape index (κ1) is 20.7. The van der Waals surface area contributed by atoms with Crippen LogP contribution in [0.2, 0.25) is 0 Å². The molecule has 0 aliphatic heterocycles. The third-order valence-corrected chi connectivity index (χ3v) is 4.12. The molecule has 0 aliphatic carbocycles. The van der Waals surface area contributed by atoms with Gasteiger partial charge in [0.25, 0.3) is 5.91 Å². The molecule has 1 heterocycles. The molecule has 3 amide bonds. The molecule has 0 saturated carbocycles. The summed E-state index contributed by atoms with van der Waals surface area (Å²) in [6, 6.07) is 18.1. The number of hydrogen-bond acceptors (Lipinski definition) is 6. The van der Waals surface area contributed by atoms with E-state index in [0.29, 0.717) is 6.54 Å². The Morgan fingerprint density at radius 1 is 1.00 bits per heavy atom. The van der Waals surface area contributed by atoms with Crippen molar-refractivity contribution in [3.63, 3.8) is 0 Å². The van der Waals surface area contributed by atoms with E-state index in [1.54, 1.807) is 0 Å². The van der Waals surface area contributed by atoms with Crippen LogP contribution < -0.4 is 10.6 Å². The van der Waals surface area contributed by atoms with Crippen LogP contribution in [0, 0.1) is 0 Å². The summed E-state index contributed by atoms with van der Waals surface area (Å²) < 4.78 is 6.57. The monoisotopic (exact) mass is 407 g/mol. The summed E-state index contributed by atoms with van der Waals surface area (Å²) in [6.45, 7) is 2.07. The highest BCUT2D eigenvalue weighted by Gasteiger charge is 2.22. The van der Waals surface area contributed by atoms with E-state index in [1.165, 1.54) is 17.8 Å². The fourth-order valence-electron chi connectivity index (χ4n) is 2.55. The smallest absolute Gasteiger partial charge is 0.361 e. The lowest BCUT2D eigenvalue weighted by molar-refractivity contribution is -0.127. The average Bonchev–Trinajstić information content (AvgIpc) is 3.22. The largest absolute Gasteiger partial charge is 0.448 e. The highest BCUT2D eigenvalue weighted by atomic mass is 16.5. The molecule has 1 unspecified atom stereocenters. The van der Waals surface area contributed by atoms with Crippen LogP contribution in [-0.2, 0) is 22.6 Å². The predicted octanol–water partition coefficient (Wildman–Crippen LogP) is 1.90. The van der Waals surface area contributed by atoms with Gasteiger partial charge in [-0.25, -0.2) is 14.3 Å². The van der Waals surface area contributed by atoms with Crippen LogP contribution in [0.15, 0.2) is 66.9 Å². The number of carbonyl (C=O) groups excluding carboxylic acids is 3. The molecule has 0 radical (unpaired) electrons. The van der Waals surface area contributed by atoms with Gasteiger partial charge >= 0.3 is 12.0 Å². The Kier molecular flexibility index (Phi) is 6.88. The van der Waals surface area contributed by atoms with Crippen LogP contribution >= 0.6 is 0 Å². The molecule has 30 heavy (non-hydrogen) atoms. The number of ether oxygens (including phenoxy) is 1. The Morgan fingerprint density at radius 3 is 2.30 bits per heavy atom. The first-order valence-corrected chi connectivity index (χ1v) is 9.29. The van der Waals surface area contributed by atoms with Gasteiger partial charge in [-0.05, 0) is 18.1 Å². The maximum atomic E-state index is 12.2. The van der Waals surface area contributed by atoms with Crippen molar-refractivity contribution in [3.8, 4) is 0 Å². The zero-order valence-corrected chi connectivity index (χ0v) is 16.3. The van der Waals surface area contributed by atoms with Gasteiger partial charge in [-0.15, -0.1) is 5.10 Å². The van der Waals surface area contributed by atoms with Gasteiger partial charge in [-0.3, -0.25) is 10.1 Å². The van der Waals surface area contributed by atoms with Gasteiger partial charge in [0, 0.05) is 6.54 Å². The first-order valence-electron chi connectivity index (χ1n) is 9.29. The number of urea groups is 1. The van der Waals surface area contributed by atoms with Gasteiger partial charge in [-0.2, -0.15) is 0 Å². The maximum Gasteiger partial charge on any atom is 0.361 e. The van der Waals surface area contributed by atoms with E-state index >= 15 is 0 Å². The van der Waals surface area contributed by atoms with Crippen molar-refractivity contribution in [2.75, 3.05) is 0 Å². The number of imide groups is 1. The molecular formula is C21H21N5O4. The van der Waals surface area contributed by atoms with E-state index < -0.39 is 24.0 Å². The predicted molar refractivity (Wildman–Crippen MR) is 107 cm³/mol. The molecule has 1 aromatic heterocycles. The minimum Gasteiger partial charge on any atom is -0.448 e. The second kappa shape index (κ2) is 9.97. The third-order valence-electron chi connectivity index (χ3n) is 4.12. The number of hydrogen-bond donors (Lipinski definition) is 2. The van der Waals surface area contributed by atoms with Gasteiger partial charge in [0.05, 0.1) is 12.7 Å². The molecule has 9 heteroatoms. The van der Waals surface area contributed by atoms with Crippen LogP contribution in [0.4, 0.5) is 4.79 Å². The number of esters is 1. The minimum absolute atomic E-state index is 0.0286. The normalized spacial score (nSPS) is 11.4. The zero-order valence-electron chi connectivity index (χ0n) is 16.3. The molecule has 1 atom stereocenters. The topological polar surface area (TPSA) is 115 Å². The van der Waals surface area contributed by atoms with Crippen LogP contribution in [0.5, 0.6) is 0 Å². The van der Waals surface area contributed by atoms with E-state index in [2.05, 4.69) is 20.9 Å². The van der Waals surface area contributed by atoms with Crippen LogP contribution in [0.3, 0.4) is 0 Å². The van der Waals surface area contributed by atoms with Gasteiger partial charge in [0.15, 0.2) is 11.8 Å². The molecule has 154 valence electrons. The van der Waals surface area contributed by atoms with E-state index in [0.717, 1.165) is 11.1 Å². The number of carbonyl (C=O) groups is 3. The standard InChI is InChI=1S/C21H21N5O4/c1-15(19(27)23-21(29)22-12-16-8-4-2-5-9-16)30-20(28)18-14-26(25-24-18)13-17-10-6-3-7-11-17/h2-11,14-15H,12-13H2,1H3,(H2,22,23,27,29). The van der Waals surface area contributed by atoms with Crippen molar-refractivity contribution in [1.82, 2.24) is 25.6 Å². The summed E-state index contributed by atoms with van der Waals surface area (Å²) in [6.07, 6.45) is 0.256. The Morgan fingerprint density at radius 2 is 1.63 bits per heavy atom. The summed E-state index contributed by atoms with van der Waals surface area (Å²) >= 11 is 0. The molecule has 0 fully saturated rings.